The maximum atomic E-state index is 13.1. The van der Waals surface area contributed by atoms with Crippen LogP contribution in [-0.4, -0.2) is 96.7 Å². The van der Waals surface area contributed by atoms with Crippen LogP contribution in [0, 0.1) is 23.7 Å². The highest BCUT2D eigenvalue weighted by atomic mass is 31.2. The van der Waals surface area contributed by atoms with Gasteiger partial charge in [0.25, 0.3) is 0 Å². The first kappa shape index (κ1) is 102. The summed E-state index contributed by atoms with van der Waals surface area (Å²) in [6, 6.07) is 0. The van der Waals surface area contributed by atoms with E-state index in [1.165, 1.54) is 238 Å². The molecule has 0 aliphatic carbocycles. The number of esters is 4. The van der Waals surface area contributed by atoms with Gasteiger partial charge in [0.1, 0.15) is 19.3 Å². The Labute approximate surface area is 638 Å². The summed E-state index contributed by atoms with van der Waals surface area (Å²) in [4.78, 5) is 73.2. The second-order valence-corrected chi connectivity index (χ2v) is 35.2. The van der Waals surface area contributed by atoms with Gasteiger partial charge >= 0.3 is 39.5 Å². The Kier molecular flexibility index (Phi) is 72.5. The monoisotopic (exact) mass is 1520 g/mol. The van der Waals surface area contributed by atoms with E-state index in [0.717, 1.165) is 120 Å². The molecule has 0 aromatic heterocycles. The zero-order valence-electron chi connectivity index (χ0n) is 68.7. The van der Waals surface area contributed by atoms with Crippen LogP contribution >= 0.6 is 15.6 Å². The van der Waals surface area contributed by atoms with Gasteiger partial charge in [0.2, 0.25) is 0 Å². The van der Waals surface area contributed by atoms with Gasteiger partial charge in [0.15, 0.2) is 12.2 Å². The van der Waals surface area contributed by atoms with Crippen LogP contribution in [0.3, 0.4) is 0 Å². The molecule has 0 aliphatic heterocycles. The molecule has 0 radical (unpaired) electrons. The van der Waals surface area contributed by atoms with Crippen molar-refractivity contribution < 1.29 is 80.2 Å². The smallest absolute Gasteiger partial charge is 0.462 e. The van der Waals surface area contributed by atoms with E-state index in [4.69, 9.17) is 37.0 Å². The largest absolute Gasteiger partial charge is 0.472 e. The summed E-state index contributed by atoms with van der Waals surface area (Å²) in [5.41, 5.74) is 0. The van der Waals surface area contributed by atoms with E-state index in [1.807, 2.05) is 0 Å². The molecule has 0 spiro atoms. The first-order valence-corrected chi connectivity index (χ1v) is 46.7. The second kappa shape index (κ2) is 73.8. The normalized spacial score (nSPS) is 14.2. The molecule has 0 aromatic carbocycles. The lowest BCUT2D eigenvalue weighted by Crippen LogP contribution is -2.30. The third-order valence-corrected chi connectivity index (χ3v) is 22.1. The van der Waals surface area contributed by atoms with Crippen molar-refractivity contribution in [1.29, 1.82) is 0 Å². The Hall–Kier alpha value is -1.94. The van der Waals surface area contributed by atoms with Crippen LogP contribution in [0.25, 0.3) is 0 Å². The van der Waals surface area contributed by atoms with E-state index in [2.05, 4.69) is 55.4 Å². The second-order valence-electron chi connectivity index (χ2n) is 32.2. The fraction of sp³-hybridized carbons (Fsp3) is 0.953. The average molecular weight is 1520 g/mol. The minimum atomic E-state index is -4.97. The van der Waals surface area contributed by atoms with Crippen molar-refractivity contribution in [3.8, 4) is 0 Å². The van der Waals surface area contributed by atoms with Gasteiger partial charge in [-0.05, 0) is 49.4 Å². The Morgan fingerprint density at radius 1 is 0.269 bits per heavy atom. The fourth-order valence-electron chi connectivity index (χ4n) is 13.1. The fourth-order valence-corrected chi connectivity index (χ4v) is 14.7. The number of carbonyl (C=O) groups is 4. The lowest BCUT2D eigenvalue weighted by Gasteiger charge is -2.21. The van der Waals surface area contributed by atoms with Crippen molar-refractivity contribution >= 4 is 39.5 Å². The molecule has 0 amide bonds. The highest BCUT2D eigenvalue weighted by Gasteiger charge is 2.30. The van der Waals surface area contributed by atoms with Gasteiger partial charge in [-0.2, -0.15) is 0 Å². The SMILES string of the molecule is CCC(C)CCCCCCCCC(=O)OC[C@H](COP(=O)(O)OC[C@H](O)COP(=O)(O)OC[C@@H](COC(=O)CCCCCCCCCCCCCCCCC(C)C)OC(=O)CCCCCCCCCCCCCCCCCCC(C)C)OC(=O)CCCCCCCCCCCCCCCCCC(C)C. The highest BCUT2D eigenvalue weighted by molar-refractivity contribution is 7.47. The number of phosphoric ester groups is 2. The van der Waals surface area contributed by atoms with Crippen LogP contribution in [0.1, 0.15) is 441 Å². The van der Waals surface area contributed by atoms with Crippen LogP contribution in [0.15, 0.2) is 0 Å². The number of hydrogen-bond donors (Lipinski definition) is 3. The molecule has 0 saturated carbocycles. The number of phosphoric acid groups is 2. The van der Waals surface area contributed by atoms with Gasteiger partial charge in [-0.1, -0.05) is 389 Å². The number of unbranched alkanes of at least 4 members (excludes halogenated alkanes) is 47. The summed E-state index contributed by atoms with van der Waals surface area (Å²) < 4.78 is 68.9. The molecule has 19 heteroatoms. The molecule has 618 valence electrons. The number of aliphatic hydroxyl groups is 1. The van der Waals surface area contributed by atoms with Gasteiger partial charge in [-0.15, -0.1) is 0 Å². The van der Waals surface area contributed by atoms with E-state index in [0.29, 0.717) is 25.7 Å². The number of hydrogen-bond acceptors (Lipinski definition) is 15. The summed E-state index contributed by atoms with van der Waals surface area (Å²) in [5, 5.41) is 10.7. The minimum absolute atomic E-state index is 0.107. The van der Waals surface area contributed by atoms with Gasteiger partial charge in [-0.3, -0.25) is 37.3 Å². The summed E-state index contributed by atoms with van der Waals surface area (Å²) in [6.45, 7) is 14.3. The third-order valence-electron chi connectivity index (χ3n) is 20.2. The van der Waals surface area contributed by atoms with Crippen LogP contribution in [0.2, 0.25) is 0 Å². The quantitative estimate of drug-likeness (QED) is 0.0222. The highest BCUT2D eigenvalue weighted by Crippen LogP contribution is 2.45. The van der Waals surface area contributed by atoms with Crippen molar-refractivity contribution in [3.63, 3.8) is 0 Å². The maximum Gasteiger partial charge on any atom is 0.472 e. The van der Waals surface area contributed by atoms with Gasteiger partial charge < -0.3 is 33.8 Å². The molecular formula is C85H166O17P2. The zero-order chi connectivity index (χ0) is 76.7. The van der Waals surface area contributed by atoms with Gasteiger partial charge in [-0.25, -0.2) is 9.13 Å². The molecule has 3 unspecified atom stereocenters. The number of ether oxygens (including phenoxy) is 4. The molecular weight excluding hydrogens is 1350 g/mol. The Balaban J connectivity index is 5.24. The first-order valence-electron chi connectivity index (χ1n) is 43.7. The lowest BCUT2D eigenvalue weighted by atomic mass is 10.00. The predicted molar refractivity (Wildman–Crippen MR) is 428 cm³/mol. The number of rotatable bonds is 82. The van der Waals surface area contributed by atoms with E-state index in [-0.39, 0.29) is 25.7 Å². The van der Waals surface area contributed by atoms with Gasteiger partial charge in [0.05, 0.1) is 26.4 Å². The van der Waals surface area contributed by atoms with E-state index in [1.54, 1.807) is 0 Å². The van der Waals surface area contributed by atoms with Crippen LogP contribution in [0.5, 0.6) is 0 Å². The third kappa shape index (κ3) is 76.8. The Morgan fingerprint density at radius 2 is 0.462 bits per heavy atom. The predicted octanol–water partition coefficient (Wildman–Crippen LogP) is 25.6. The van der Waals surface area contributed by atoms with Crippen molar-refractivity contribution in [2.75, 3.05) is 39.6 Å². The number of carbonyl (C=O) groups excluding carboxylic acids is 4. The molecule has 0 bridgehead atoms. The van der Waals surface area contributed by atoms with E-state index < -0.39 is 97.5 Å². The maximum absolute atomic E-state index is 13.1. The van der Waals surface area contributed by atoms with Crippen LogP contribution in [-0.2, 0) is 65.4 Å². The summed E-state index contributed by atoms with van der Waals surface area (Å²) >= 11 is 0. The molecule has 0 aliphatic rings. The standard InChI is InChI=1S/C85H166O17P2/c1-9-78(8)64-56-48-43-44-50-58-66-83(88)96-72-81(102-85(90)68-60-52-42-36-30-24-16-12-14-20-26-32-38-46-54-62-76(4)5)74-100-104(93,94)98-70-79(86)69-97-103(91,92)99-73-80(71-95-82(87)65-57-49-40-34-28-22-18-17-21-27-33-39-47-55-63-77(6)7)101-84(89)67-59-51-41-35-29-23-15-11-10-13-19-25-31-37-45-53-61-75(2)3/h75-81,86H,9-74H2,1-8H3,(H,91,92)(H,93,94)/t78?,79-,80-,81-/m1/s1. The van der Waals surface area contributed by atoms with Crippen molar-refractivity contribution in [3.05, 3.63) is 0 Å². The summed E-state index contributed by atoms with van der Waals surface area (Å²) in [7, 11) is -9.93. The van der Waals surface area contributed by atoms with Crippen LogP contribution < -0.4 is 0 Å². The van der Waals surface area contributed by atoms with Crippen molar-refractivity contribution in [2.24, 2.45) is 23.7 Å². The molecule has 6 atom stereocenters. The molecule has 17 nitrogen and oxygen atoms in total. The average Bonchev–Trinajstić information content (AvgIpc) is 0.912. The van der Waals surface area contributed by atoms with E-state index >= 15 is 0 Å². The zero-order valence-corrected chi connectivity index (χ0v) is 70.5. The molecule has 104 heavy (non-hydrogen) atoms. The van der Waals surface area contributed by atoms with Crippen LogP contribution in [0.4, 0.5) is 0 Å². The topological polar surface area (TPSA) is 237 Å². The van der Waals surface area contributed by atoms with Gasteiger partial charge in [0, 0.05) is 25.7 Å². The molecule has 0 saturated heterocycles. The minimum Gasteiger partial charge on any atom is -0.462 e. The molecule has 0 fully saturated rings. The summed E-state index contributed by atoms with van der Waals surface area (Å²) in [6.07, 6.45) is 62.5. The van der Waals surface area contributed by atoms with Crippen molar-refractivity contribution in [2.45, 2.75) is 459 Å². The molecule has 0 rings (SSSR count). The molecule has 3 N–H and O–H groups in total. The first-order chi connectivity index (χ1) is 50.1. The Morgan fingerprint density at radius 3 is 0.683 bits per heavy atom. The lowest BCUT2D eigenvalue weighted by molar-refractivity contribution is -0.161. The number of aliphatic hydroxyl groups excluding tert-OH is 1. The molecule has 0 aromatic rings. The van der Waals surface area contributed by atoms with Crippen molar-refractivity contribution in [1.82, 2.24) is 0 Å². The van der Waals surface area contributed by atoms with E-state index in [9.17, 15) is 43.2 Å². The molecule has 0 heterocycles. The summed E-state index contributed by atoms with van der Waals surface area (Å²) in [5.74, 6) is 1.03. The Bertz CT molecular complexity index is 2030.